The van der Waals surface area contributed by atoms with E-state index >= 15 is 0 Å². The molecule has 1 aliphatic heterocycles. The van der Waals surface area contributed by atoms with Crippen LogP contribution in [0.1, 0.15) is 36.0 Å². The van der Waals surface area contributed by atoms with Crippen LogP contribution in [0.2, 0.25) is 0 Å². The minimum atomic E-state index is -0.891. The van der Waals surface area contributed by atoms with Gasteiger partial charge in [-0.15, -0.1) is 16.5 Å². The second-order valence-electron chi connectivity index (χ2n) is 5.14. The number of pyridine rings is 1. The summed E-state index contributed by atoms with van der Waals surface area (Å²) < 4.78 is 0. The molecule has 2 atom stereocenters. The van der Waals surface area contributed by atoms with Crippen LogP contribution in [0.5, 0.6) is 0 Å². The molecule has 0 amide bonds. The molecular formula is C14H19Cl2N3O. The maximum atomic E-state index is 10.6. The smallest absolute Gasteiger partial charge is 0.192 e. The second-order valence-corrected chi connectivity index (χ2v) is 6.17. The first-order valence-electron chi connectivity index (χ1n) is 6.97. The van der Waals surface area contributed by atoms with Crippen LogP contribution < -0.4 is 0 Å². The number of alkyl halides is 2. The maximum Gasteiger partial charge on any atom is 0.192 e. The van der Waals surface area contributed by atoms with Gasteiger partial charge in [0, 0.05) is 30.4 Å². The summed E-state index contributed by atoms with van der Waals surface area (Å²) in [4.78, 5) is 17.3. The van der Waals surface area contributed by atoms with Gasteiger partial charge in [0.25, 0.3) is 0 Å². The largest absolute Gasteiger partial charge is 0.302 e. The van der Waals surface area contributed by atoms with Gasteiger partial charge in [0.15, 0.2) is 5.50 Å². The lowest BCUT2D eigenvalue weighted by Crippen LogP contribution is -2.35. The second kappa shape index (κ2) is 7.91. The molecule has 2 rings (SSSR count). The molecule has 4 nitrogen and oxygen atoms in total. The van der Waals surface area contributed by atoms with Gasteiger partial charge in [-0.2, -0.15) is 0 Å². The molecule has 0 radical (unpaired) electrons. The molecule has 0 bridgehead atoms. The lowest BCUT2D eigenvalue weighted by atomic mass is 10.1. The van der Waals surface area contributed by atoms with E-state index in [1.807, 2.05) is 0 Å². The molecule has 6 heteroatoms. The molecule has 0 N–H and O–H groups in total. The van der Waals surface area contributed by atoms with Gasteiger partial charge >= 0.3 is 0 Å². The van der Waals surface area contributed by atoms with Gasteiger partial charge in [0.1, 0.15) is 0 Å². The highest BCUT2D eigenvalue weighted by Gasteiger charge is 2.19. The Hall–Kier alpha value is -0.710. The fourth-order valence-corrected chi connectivity index (χ4v) is 3.13. The summed E-state index contributed by atoms with van der Waals surface area (Å²) in [6, 6.07) is 3.54. The van der Waals surface area contributed by atoms with Crippen molar-refractivity contribution in [3.05, 3.63) is 34.5 Å². The third-order valence-corrected chi connectivity index (χ3v) is 4.20. The van der Waals surface area contributed by atoms with Crippen LogP contribution in [0.3, 0.4) is 0 Å². The molecule has 1 aromatic rings. The van der Waals surface area contributed by atoms with Crippen LogP contribution in [-0.2, 0) is 6.42 Å². The number of halogens is 2. The van der Waals surface area contributed by atoms with E-state index < -0.39 is 5.50 Å². The normalized spacial score (nSPS) is 19.5. The third kappa shape index (κ3) is 4.40. The van der Waals surface area contributed by atoms with Crippen molar-refractivity contribution in [2.75, 3.05) is 19.6 Å². The van der Waals surface area contributed by atoms with Gasteiger partial charge < -0.3 is 4.90 Å². The minimum Gasteiger partial charge on any atom is -0.302 e. The molecule has 1 aromatic heterocycles. The fourth-order valence-electron chi connectivity index (χ4n) is 2.59. The number of piperidine rings is 1. The Kier molecular flexibility index (Phi) is 6.20. The van der Waals surface area contributed by atoms with E-state index in [-0.39, 0.29) is 5.38 Å². The Morgan fingerprint density at radius 3 is 2.75 bits per heavy atom. The zero-order chi connectivity index (χ0) is 14.4. The molecule has 110 valence electrons. The molecule has 20 heavy (non-hydrogen) atoms. The highest BCUT2D eigenvalue weighted by molar-refractivity contribution is 6.21. The van der Waals surface area contributed by atoms with Gasteiger partial charge in [-0.25, -0.2) is 0 Å². The zero-order valence-corrected chi connectivity index (χ0v) is 12.9. The lowest BCUT2D eigenvalue weighted by molar-refractivity contribution is 0.228. The van der Waals surface area contributed by atoms with Crippen LogP contribution in [0, 0.1) is 4.91 Å². The molecule has 2 heterocycles. The lowest BCUT2D eigenvalue weighted by Gasteiger charge is -2.28. The minimum absolute atomic E-state index is 0.0303. The Bertz CT molecular complexity index is 438. The van der Waals surface area contributed by atoms with E-state index in [9.17, 15) is 4.91 Å². The predicted molar refractivity (Wildman–Crippen MR) is 82.3 cm³/mol. The fraction of sp³-hybridized carbons (Fsp3) is 0.643. The van der Waals surface area contributed by atoms with Crippen LogP contribution in [0.15, 0.2) is 23.5 Å². The van der Waals surface area contributed by atoms with Crippen LogP contribution in [-0.4, -0.2) is 34.9 Å². The van der Waals surface area contributed by atoms with Crippen molar-refractivity contribution in [2.24, 2.45) is 5.18 Å². The predicted octanol–water partition coefficient (Wildman–Crippen LogP) is 3.72. The first-order valence-corrected chi connectivity index (χ1v) is 7.84. The summed E-state index contributed by atoms with van der Waals surface area (Å²) in [5, 5.41) is 2.83. The Morgan fingerprint density at radius 1 is 1.30 bits per heavy atom. The Labute approximate surface area is 129 Å². The monoisotopic (exact) mass is 315 g/mol. The third-order valence-electron chi connectivity index (χ3n) is 3.59. The number of rotatable bonds is 6. The summed E-state index contributed by atoms with van der Waals surface area (Å²) in [6.45, 7) is 3.08. The van der Waals surface area contributed by atoms with E-state index in [0.29, 0.717) is 12.0 Å². The molecule has 1 saturated heterocycles. The first kappa shape index (κ1) is 15.7. The summed E-state index contributed by atoms with van der Waals surface area (Å²) >= 11 is 12.3. The molecule has 1 aliphatic rings. The topological polar surface area (TPSA) is 45.6 Å². The van der Waals surface area contributed by atoms with Crippen molar-refractivity contribution < 1.29 is 0 Å². The maximum absolute atomic E-state index is 10.6. The van der Waals surface area contributed by atoms with E-state index in [0.717, 1.165) is 25.3 Å². The molecule has 2 unspecified atom stereocenters. The zero-order valence-electron chi connectivity index (χ0n) is 11.3. The number of aromatic nitrogens is 1. The summed E-state index contributed by atoms with van der Waals surface area (Å²) in [7, 11) is 0. The molecule has 1 fully saturated rings. The van der Waals surface area contributed by atoms with Crippen LogP contribution in [0.4, 0.5) is 0 Å². The van der Waals surface area contributed by atoms with Gasteiger partial charge in [-0.1, -0.05) is 24.1 Å². The van der Waals surface area contributed by atoms with Gasteiger partial charge in [-0.05, 0) is 37.2 Å². The van der Waals surface area contributed by atoms with Crippen molar-refractivity contribution >= 4 is 23.2 Å². The van der Waals surface area contributed by atoms with Crippen LogP contribution >= 0.6 is 23.2 Å². The van der Waals surface area contributed by atoms with Crippen molar-refractivity contribution in [1.82, 2.24) is 9.88 Å². The van der Waals surface area contributed by atoms with Gasteiger partial charge in [-0.3, -0.25) is 4.98 Å². The van der Waals surface area contributed by atoms with E-state index in [1.54, 1.807) is 18.3 Å². The number of nitrogens with zero attached hydrogens (tertiary/aromatic N) is 3. The summed E-state index contributed by atoms with van der Waals surface area (Å²) in [5.74, 6) is 0. The summed E-state index contributed by atoms with van der Waals surface area (Å²) in [5.41, 5.74) is 0.537. The molecular weight excluding hydrogens is 297 g/mol. The number of likely N-dealkylation sites (tertiary alicyclic amines) is 1. The van der Waals surface area contributed by atoms with Crippen LogP contribution in [0.25, 0.3) is 0 Å². The average Bonchev–Trinajstić information content (AvgIpc) is 2.48. The summed E-state index contributed by atoms with van der Waals surface area (Å²) in [6.07, 6.45) is 6.10. The van der Waals surface area contributed by atoms with Crippen molar-refractivity contribution in [3.8, 4) is 0 Å². The SMILES string of the molecule is O=NC(Cl)c1cccnc1CC(Cl)CN1CCCCC1. The standard InChI is InChI=1S/C14H19Cl2N3O/c15-11(10-19-7-2-1-3-8-19)9-13-12(14(16)18-20)5-4-6-17-13/h4-6,11,14H,1-3,7-10H2. The highest BCUT2D eigenvalue weighted by atomic mass is 35.5. The molecule has 0 aromatic carbocycles. The first-order chi connectivity index (χ1) is 9.70. The molecule has 0 spiro atoms. The average molecular weight is 316 g/mol. The van der Waals surface area contributed by atoms with E-state index in [4.69, 9.17) is 23.2 Å². The van der Waals surface area contributed by atoms with Gasteiger partial charge in [0.05, 0.1) is 5.38 Å². The Morgan fingerprint density at radius 2 is 2.05 bits per heavy atom. The van der Waals surface area contributed by atoms with Crippen molar-refractivity contribution in [3.63, 3.8) is 0 Å². The number of hydrogen-bond donors (Lipinski definition) is 0. The number of hydrogen-bond acceptors (Lipinski definition) is 4. The van der Waals surface area contributed by atoms with Gasteiger partial charge in [0.2, 0.25) is 0 Å². The van der Waals surface area contributed by atoms with Crippen molar-refractivity contribution in [2.45, 2.75) is 36.6 Å². The quantitative estimate of drug-likeness (QED) is 0.456. The number of nitroso groups, excluding NO2 is 1. The van der Waals surface area contributed by atoms with E-state index in [1.165, 1.54) is 19.3 Å². The highest BCUT2D eigenvalue weighted by Crippen LogP contribution is 2.25. The Balaban J connectivity index is 1.96. The molecule has 0 aliphatic carbocycles. The molecule has 0 saturated carbocycles. The van der Waals surface area contributed by atoms with Crippen molar-refractivity contribution in [1.29, 1.82) is 0 Å². The van der Waals surface area contributed by atoms with E-state index in [2.05, 4.69) is 15.1 Å².